The third-order valence-corrected chi connectivity index (χ3v) is 2.52. The van der Waals surface area contributed by atoms with E-state index in [1.807, 2.05) is 6.92 Å². The van der Waals surface area contributed by atoms with Crippen LogP contribution in [0.3, 0.4) is 0 Å². The second-order valence-electron chi connectivity index (χ2n) is 3.66. The summed E-state index contributed by atoms with van der Waals surface area (Å²) in [5.41, 5.74) is 2.39. The molecule has 0 saturated heterocycles. The average Bonchev–Trinajstić information content (AvgIpc) is 2.29. The van der Waals surface area contributed by atoms with Crippen LogP contribution in [0.5, 0.6) is 0 Å². The van der Waals surface area contributed by atoms with Gasteiger partial charge >= 0.3 is 0 Å². The first-order valence-electron chi connectivity index (χ1n) is 5.26. The van der Waals surface area contributed by atoms with Gasteiger partial charge in [-0.3, -0.25) is 4.98 Å². The fraction of sp³-hybridized carbons (Fsp3) is 0.455. The second kappa shape index (κ2) is 4.89. The summed E-state index contributed by atoms with van der Waals surface area (Å²) in [6.07, 6.45) is 6.78. The monoisotopic (exact) mass is 204 g/mol. The average molecular weight is 204 g/mol. The molecule has 4 nitrogen and oxygen atoms in total. The van der Waals surface area contributed by atoms with Gasteiger partial charge in [-0.2, -0.15) is 0 Å². The lowest BCUT2D eigenvalue weighted by Gasteiger charge is -2.15. The molecule has 0 aliphatic carbocycles. The summed E-state index contributed by atoms with van der Waals surface area (Å²) in [6.45, 7) is 4.90. The highest BCUT2D eigenvalue weighted by Crippen LogP contribution is 2.09. The molecule has 0 saturated carbocycles. The van der Waals surface area contributed by atoms with E-state index in [1.54, 1.807) is 12.4 Å². The van der Waals surface area contributed by atoms with Crippen molar-refractivity contribution in [3.05, 3.63) is 29.7 Å². The van der Waals surface area contributed by atoms with Gasteiger partial charge in [-0.05, 0) is 19.9 Å². The zero-order valence-corrected chi connectivity index (χ0v) is 8.95. The Morgan fingerprint density at radius 2 is 2.27 bits per heavy atom. The highest BCUT2D eigenvalue weighted by atomic mass is 15.0. The standard InChI is InChI=1S/C11H16N4/c1-9-11(14-7-6-13-9)15-8-10-2-4-12-5-3-10/h2,6-7,12H,3-5,8H2,1H3,(H,14,15). The summed E-state index contributed by atoms with van der Waals surface area (Å²) in [7, 11) is 0. The molecular weight excluding hydrogens is 188 g/mol. The number of rotatable bonds is 3. The van der Waals surface area contributed by atoms with E-state index in [2.05, 4.69) is 26.7 Å². The van der Waals surface area contributed by atoms with E-state index in [-0.39, 0.29) is 0 Å². The van der Waals surface area contributed by atoms with Gasteiger partial charge in [-0.1, -0.05) is 11.6 Å². The Morgan fingerprint density at radius 1 is 1.40 bits per heavy atom. The van der Waals surface area contributed by atoms with Crippen molar-refractivity contribution in [3.63, 3.8) is 0 Å². The maximum Gasteiger partial charge on any atom is 0.147 e. The quantitative estimate of drug-likeness (QED) is 0.724. The number of hydrogen-bond donors (Lipinski definition) is 2. The highest BCUT2D eigenvalue weighted by molar-refractivity contribution is 5.39. The third kappa shape index (κ3) is 2.76. The first kappa shape index (κ1) is 10.1. The predicted octanol–water partition coefficient (Wildman–Crippen LogP) is 1.12. The lowest BCUT2D eigenvalue weighted by molar-refractivity contribution is 0.697. The van der Waals surface area contributed by atoms with Gasteiger partial charge in [0, 0.05) is 25.5 Å². The second-order valence-corrected chi connectivity index (χ2v) is 3.66. The van der Waals surface area contributed by atoms with Crippen molar-refractivity contribution < 1.29 is 0 Å². The lowest BCUT2D eigenvalue weighted by atomic mass is 10.1. The Bertz CT molecular complexity index is 359. The van der Waals surface area contributed by atoms with Crippen molar-refractivity contribution in [2.45, 2.75) is 13.3 Å². The molecule has 0 spiro atoms. The largest absolute Gasteiger partial charge is 0.365 e. The van der Waals surface area contributed by atoms with Crippen molar-refractivity contribution >= 4 is 5.82 Å². The molecule has 2 N–H and O–H groups in total. The van der Waals surface area contributed by atoms with E-state index >= 15 is 0 Å². The zero-order chi connectivity index (χ0) is 10.5. The smallest absolute Gasteiger partial charge is 0.147 e. The molecule has 0 unspecified atom stereocenters. The minimum absolute atomic E-state index is 0.876. The molecule has 2 rings (SSSR count). The van der Waals surface area contributed by atoms with Crippen molar-refractivity contribution in [1.82, 2.24) is 15.3 Å². The van der Waals surface area contributed by atoms with E-state index in [1.165, 1.54) is 5.57 Å². The summed E-state index contributed by atoms with van der Waals surface area (Å²) in [6, 6.07) is 0. The first-order valence-corrected chi connectivity index (χ1v) is 5.26. The number of hydrogen-bond acceptors (Lipinski definition) is 4. The van der Waals surface area contributed by atoms with E-state index in [0.717, 1.165) is 37.6 Å². The third-order valence-electron chi connectivity index (χ3n) is 2.52. The van der Waals surface area contributed by atoms with Crippen LogP contribution in [0.2, 0.25) is 0 Å². The van der Waals surface area contributed by atoms with E-state index in [4.69, 9.17) is 0 Å². The molecule has 0 amide bonds. The Hall–Kier alpha value is -1.42. The SMILES string of the molecule is Cc1nccnc1NCC1=CCNCC1. The number of anilines is 1. The molecule has 2 heterocycles. The molecule has 0 aromatic carbocycles. The zero-order valence-electron chi connectivity index (χ0n) is 8.95. The van der Waals surface area contributed by atoms with Crippen LogP contribution >= 0.6 is 0 Å². The van der Waals surface area contributed by atoms with Crippen molar-refractivity contribution in [2.24, 2.45) is 0 Å². The molecule has 4 heteroatoms. The van der Waals surface area contributed by atoms with Crippen LogP contribution in [-0.4, -0.2) is 29.6 Å². The Kier molecular flexibility index (Phi) is 3.29. The maximum atomic E-state index is 4.25. The lowest BCUT2D eigenvalue weighted by Crippen LogP contribution is -2.23. The van der Waals surface area contributed by atoms with Crippen LogP contribution in [-0.2, 0) is 0 Å². The van der Waals surface area contributed by atoms with Crippen LogP contribution in [0.4, 0.5) is 5.82 Å². The van der Waals surface area contributed by atoms with Crippen LogP contribution in [0.25, 0.3) is 0 Å². The van der Waals surface area contributed by atoms with Crippen LogP contribution in [0.15, 0.2) is 24.0 Å². The van der Waals surface area contributed by atoms with Crippen molar-refractivity contribution in [3.8, 4) is 0 Å². The van der Waals surface area contributed by atoms with Gasteiger partial charge < -0.3 is 10.6 Å². The Labute approximate surface area is 89.8 Å². The topological polar surface area (TPSA) is 49.8 Å². The van der Waals surface area contributed by atoms with Crippen LogP contribution in [0.1, 0.15) is 12.1 Å². The summed E-state index contributed by atoms with van der Waals surface area (Å²) >= 11 is 0. The molecule has 0 radical (unpaired) electrons. The van der Waals surface area contributed by atoms with Crippen molar-refractivity contribution in [2.75, 3.05) is 25.0 Å². The van der Waals surface area contributed by atoms with E-state index < -0.39 is 0 Å². The van der Waals surface area contributed by atoms with E-state index in [9.17, 15) is 0 Å². The highest BCUT2D eigenvalue weighted by Gasteiger charge is 2.04. The minimum Gasteiger partial charge on any atom is -0.365 e. The Morgan fingerprint density at radius 3 is 3.00 bits per heavy atom. The normalized spacial score (nSPS) is 15.9. The number of aryl methyl sites for hydroxylation is 1. The first-order chi connectivity index (χ1) is 7.36. The molecule has 0 fully saturated rings. The number of nitrogens with zero attached hydrogens (tertiary/aromatic N) is 2. The predicted molar refractivity (Wildman–Crippen MR) is 60.8 cm³/mol. The van der Waals surface area contributed by atoms with Crippen LogP contribution in [0, 0.1) is 6.92 Å². The van der Waals surface area contributed by atoms with Crippen molar-refractivity contribution in [1.29, 1.82) is 0 Å². The van der Waals surface area contributed by atoms with E-state index in [0.29, 0.717) is 0 Å². The molecule has 15 heavy (non-hydrogen) atoms. The number of nitrogens with one attached hydrogen (secondary N) is 2. The minimum atomic E-state index is 0.876. The molecule has 1 aliphatic heterocycles. The summed E-state index contributed by atoms with van der Waals surface area (Å²) in [5, 5.41) is 6.61. The summed E-state index contributed by atoms with van der Waals surface area (Å²) < 4.78 is 0. The molecule has 0 bridgehead atoms. The molecular formula is C11H16N4. The van der Waals surface area contributed by atoms with Gasteiger partial charge in [0.1, 0.15) is 5.82 Å². The molecule has 80 valence electrons. The molecule has 1 aromatic heterocycles. The fourth-order valence-electron chi connectivity index (χ4n) is 1.61. The summed E-state index contributed by atoms with van der Waals surface area (Å²) in [5.74, 6) is 0.886. The number of aromatic nitrogens is 2. The summed E-state index contributed by atoms with van der Waals surface area (Å²) in [4.78, 5) is 8.43. The fourth-order valence-corrected chi connectivity index (χ4v) is 1.61. The Balaban J connectivity index is 1.93. The molecule has 1 aromatic rings. The molecule has 1 aliphatic rings. The van der Waals surface area contributed by atoms with Gasteiger partial charge in [0.2, 0.25) is 0 Å². The molecule has 0 atom stereocenters. The van der Waals surface area contributed by atoms with Gasteiger partial charge in [0.25, 0.3) is 0 Å². The van der Waals surface area contributed by atoms with Gasteiger partial charge in [-0.15, -0.1) is 0 Å². The van der Waals surface area contributed by atoms with Crippen LogP contribution < -0.4 is 10.6 Å². The van der Waals surface area contributed by atoms with Gasteiger partial charge in [0.15, 0.2) is 0 Å². The van der Waals surface area contributed by atoms with Gasteiger partial charge in [0.05, 0.1) is 5.69 Å². The maximum absolute atomic E-state index is 4.25. The van der Waals surface area contributed by atoms with Gasteiger partial charge in [-0.25, -0.2) is 4.98 Å².